The maximum Gasteiger partial charge on any atom is 0.261 e. The van der Waals surface area contributed by atoms with Gasteiger partial charge in [0.25, 0.3) is 5.91 Å². The molecule has 0 unspecified atom stereocenters. The van der Waals surface area contributed by atoms with Crippen LogP contribution in [0.3, 0.4) is 0 Å². The Kier molecular flexibility index (Phi) is 4.30. The fourth-order valence-electron chi connectivity index (χ4n) is 2.69. The van der Waals surface area contributed by atoms with Crippen molar-refractivity contribution in [3.63, 3.8) is 0 Å². The van der Waals surface area contributed by atoms with Crippen LogP contribution in [0.15, 0.2) is 53.1 Å². The number of hydrogen-bond donors (Lipinski definition) is 0. The Morgan fingerprint density at radius 1 is 1.12 bits per heavy atom. The lowest BCUT2D eigenvalue weighted by Crippen LogP contribution is -2.25. The van der Waals surface area contributed by atoms with Gasteiger partial charge in [-0.2, -0.15) is 0 Å². The number of para-hydroxylation sites is 1. The summed E-state index contributed by atoms with van der Waals surface area (Å²) in [6.45, 7) is 5.93. The fourth-order valence-corrected chi connectivity index (χ4v) is 2.69. The van der Waals surface area contributed by atoms with Crippen LogP contribution in [-0.4, -0.2) is 19.1 Å². The van der Waals surface area contributed by atoms with Gasteiger partial charge in [-0.3, -0.25) is 4.79 Å². The summed E-state index contributed by atoms with van der Waals surface area (Å²) < 4.78 is 11.2. The summed E-state index contributed by atoms with van der Waals surface area (Å²) in [5, 5.41) is 0.839. The van der Waals surface area contributed by atoms with Gasteiger partial charge in [0.2, 0.25) is 0 Å². The third kappa shape index (κ3) is 3.00. The zero-order chi connectivity index (χ0) is 17.3. The molecule has 1 amide bonds. The van der Waals surface area contributed by atoms with E-state index >= 15 is 0 Å². The molecule has 0 spiro atoms. The first-order valence-electron chi connectivity index (χ1n) is 7.99. The number of aryl methyl sites for hydroxylation is 1. The van der Waals surface area contributed by atoms with E-state index in [0.29, 0.717) is 5.56 Å². The maximum absolute atomic E-state index is 12.8. The molecule has 0 N–H and O–H groups in total. The first-order chi connectivity index (χ1) is 11.5. The van der Waals surface area contributed by atoms with Crippen LogP contribution in [0.4, 0.5) is 5.69 Å². The van der Waals surface area contributed by atoms with E-state index < -0.39 is 0 Å². The molecule has 0 atom stereocenters. The van der Waals surface area contributed by atoms with Crippen LogP contribution in [0, 0.1) is 6.92 Å². The Labute approximate surface area is 141 Å². The number of benzene rings is 2. The van der Waals surface area contributed by atoms with Crippen LogP contribution in [0.5, 0.6) is 5.75 Å². The smallest absolute Gasteiger partial charge is 0.261 e. The van der Waals surface area contributed by atoms with E-state index in [1.807, 2.05) is 63.2 Å². The van der Waals surface area contributed by atoms with Gasteiger partial charge in [-0.15, -0.1) is 0 Å². The van der Waals surface area contributed by atoms with Gasteiger partial charge in [0, 0.05) is 18.1 Å². The van der Waals surface area contributed by atoms with Crippen molar-refractivity contribution in [3.05, 3.63) is 59.9 Å². The number of fused-ring (bicyclic) bond motifs is 1. The molecule has 0 aliphatic carbocycles. The van der Waals surface area contributed by atoms with Crippen LogP contribution in [0.25, 0.3) is 11.0 Å². The van der Waals surface area contributed by atoms with Crippen LogP contribution < -0.4 is 9.64 Å². The molecule has 0 saturated heterocycles. The van der Waals surface area contributed by atoms with Gasteiger partial charge in [0.05, 0.1) is 11.7 Å². The second kappa shape index (κ2) is 6.40. The zero-order valence-corrected chi connectivity index (χ0v) is 14.4. The van der Waals surface area contributed by atoms with Crippen LogP contribution in [-0.2, 0) is 0 Å². The average molecular weight is 323 g/mol. The number of rotatable bonds is 4. The summed E-state index contributed by atoms with van der Waals surface area (Å²) in [4.78, 5) is 14.4. The molecule has 24 heavy (non-hydrogen) atoms. The molecule has 0 aliphatic rings. The first kappa shape index (κ1) is 16.1. The Balaban J connectivity index is 1.87. The SMILES string of the molecule is Cc1cccc2c(C(=O)N(C)c3ccc(OC(C)C)cc3)coc12. The van der Waals surface area contributed by atoms with Crippen molar-refractivity contribution in [2.45, 2.75) is 26.9 Å². The van der Waals surface area contributed by atoms with E-state index in [1.165, 1.54) is 6.26 Å². The number of carbonyl (C=O) groups excluding carboxylic acids is 1. The van der Waals surface area contributed by atoms with Crippen LogP contribution in [0.1, 0.15) is 29.8 Å². The first-order valence-corrected chi connectivity index (χ1v) is 7.99. The summed E-state index contributed by atoms with van der Waals surface area (Å²) in [5.74, 6) is 0.691. The molecule has 0 radical (unpaired) electrons. The molecule has 0 bridgehead atoms. The Hall–Kier alpha value is -2.75. The third-order valence-electron chi connectivity index (χ3n) is 3.93. The van der Waals surface area contributed by atoms with E-state index in [4.69, 9.17) is 9.15 Å². The summed E-state index contributed by atoms with van der Waals surface area (Å²) in [6.07, 6.45) is 1.66. The molecule has 4 heteroatoms. The topological polar surface area (TPSA) is 42.7 Å². The minimum absolute atomic E-state index is 0.100. The van der Waals surface area contributed by atoms with Gasteiger partial charge in [-0.05, 0) is 50.6 Å². The zero-order valence-electron chi connectivity index (χ0n) is 14.4. The predicted octanol–water partition coefficient (Wildman–Crippen LogP) is 4.81. The summed E-state index contributed by atoms with van der Waals surface area (Å²) >= 11 is 0. The van der Waals surface area contributed by atoms with E-state index in [-0.39, 0.29) is 12.0 Å². The third-order valence-corrected chi connectivity index (χ3v) is 3.93. The number of nitrogens with zero attached hydrogens (tertiary/aromatic N) is 1. The highest BCUT2D eigenvalue weighted by Gasteiger charge is 2.19. The van der Waals surface area contributed by atoms with Crippen molar-refractivity contribution in [2.24, 2.45) is 0 Å². The molecule has 0 aliphatic heterocycles. The lowest BCUT2D eigenvalue weighted by molar-refractivity contribution is 0.0993. The molecular formula is C20H21NO3. The van der Waals surface area contributed by atoms with E-state index in [1.54, 1.807) is 11.9 Å². The second-order valence-corrected chi connectivity index (χ2v) is 6.13. The van der Waals surface area contributed by atoms with Gasteiger partial charge < -0.3 is 14.1 Å². The summed E-state index contributed by atoms with van der Waals surface area (Å²) in [5.41, 5.74) is 3.15. The monoisotopic (exact) mass is 323 g/mol. The van der Waals surface area contributed by atoms with Crippen LogP contribution in [0.2, 0.25) is 0 Å². The Bertz CT molecular complexity index is 862. The lowest BCUT2D eigenvalue weighted by Gasteiger charge is -2.17. The fraction of sp³-hybridized carbons (Fsp3) is 0.250. The minimum Gasteiger partial charge on any atom is -0.491 e. The summed E-state index contributed by atoms with van der Waals surface area (Å²) in [7, 11) is 1.76. The Morgan fingerprint density at radius 2 is 1.83 bits per heavy atom. The van der Waals surface area contributed by atoms with Gasteiger partial charge >= 0.3 is 0 Å². The summed E-state index contributed by atoms with van der Waals surface area (Å²) in [6, 6.07) is 13.3. The number of carbonyl (C=O) groups is 1. The number of ether oxygens (including phenoxy) is 1. The average Bonchev–Trinajstić information content (AvgIpc) is 2.99. The van der Waals surface area contributed by atoms with E-state index in [2.05, 4.69) is 0 Å². The lowest BCUT2D eigenvalue weighted by atomic mass is 10.1. The highest BCUT2D eigenvalue weighted by molar-refractivity contribution is 6.13. The van der Waals surface area contributed by atoms with E-state index in [9.17, 15) is 4.79 Å². The molecule has 0 fully saturated rings. The minimum atomic E-state index is -0.100. The standard InChI is InChI=1S/C20H21NO3/c1-13(2)24-16-10-8-15(9-11-16)21(4)20(22)18-12-23-19-14(3)6-5-7-17(18)19/h5-13H,1-4H3. The van der Waals surface area contributed by atoms with E-state index in [0.717, 1.165) is 28.0 Å². The van der Waals surface area contributed by atoms with Crippen molar-refractivity contribution >= 4 is 22.6 Å². The molecule has 1 heterocycles. The highest BCUT2D eigenvalue weighted by atomic mass is 16.5. The van der Waals surface area contributed by atoms with Gasteiger partial charge in [0.1, 0.15) is 17.6 Å². The quantitative estimate of drug-likeness (QED) is 0.692. The van der Waals surface area contributed by atoms with Gasteiger partial charge in [-0.25, -0.2) is 0 Å². The van der Waals surface area contributed by atoms with Gasteiger partial charge in [0.15, 0.2) is 0 Å². The van der Waals surface area contributed by atoms with Crippen molar-refractivity contribution in [3.8, 4) is 5.75 Å². The maximum atomic E-state index is 12.8. The number of anilines is 1. The largest absolute Gasteiger partial charge is 0.491 e. The molecule has 3 rings (SSSR count). The highest BCUT2D eigenvalue weighted by Crippen LogP contribution is 2.27. The molecule has 4 nitrogen and oxygen atoms in total. The molecule has 1 aromatic heterocycles. The number of amides is 1. The van der Waals surface area contributed by atoms with Crippen molar-refractivity contribution in [1.82, 2.24) is 0 Å². The molecule has 0 saturated carbocycles. The second-order valence-electron chi connectivity index (χ2n) is 6.13. The van der Waals surface area contributed by atoms with Crippen molar-refractivity contribution in [2.75, 3.05) is 11.9 Å². The molecule has 2 aromatic carbocycles. The molecular weight excluding hydrogens is 302 g/mol. The molecule has 124 valence electrons. The number of hydrogen-bond acceptors (Lipinski definition) is 3. The molecule has 3 aromatic rings. The van der Waals surface area contributed by atoms with Crippen molar-refractivity contribution < 1.29 is 13.9 Å². The Morgan fingerprint density at radius 3 is 2.50 bits per heavy atom. The predicted molar refractivity (Wildman–Crippen MR) is 95.9 cm³/mol. The normalized spacial score (nSPS) is 11.0. The van der Waals surface area contributed by atoms with Crippen molar-refractivity contribution in [1.29, 1.82) is 0 Å². The van der Waals surface area contributed by atoms with Gasteiger partial charge in [-0.1, -0.05) is 18.2 Å². The van der Waals surface area contributed by atoms with Crippen LogP contribution >= 0.6 is 0 Å². The number of furan rings is 1.